The fraction of sp³-hybridized carbons (Fsp3) is 0.667. The van der Waals surface area contributed by atoms with E-state index in [-0.39, 0.29) is 5.69 Å². The number of nitrogens with zero attached hydrogens (tertiary/aromatic N) is 2. The van der Waals surface area contributed by atoms with Crippen LogP contribution in [0.15, 0.2) is 0 Å². The standard InChI is InChI=1S/C12H21N3O2S/c1-4-15(5-2)8-6-7-13-12-14-10(11(16)17)9(3)18-12/h4-8H2,1-3H3,(H,13,14)(H,16,17). The lowest BCUT2D eigenvalue weighted by Gasteiger charge is -2.17. The van der Waals surface area contributed by atoms with Crippen LogP contribution in [0.3, 0.4) is 0 Å². The van der Waals surface area contributed by atoms with E-state index in [0.717, 1.165) is 37.5 Å². The van der Waals surface area contributed by atoms with Crippen molar-refractivity contribution in [3.8, 4) is 0 Å². The fourth-order valence-electron chi connectivity index (χ4n) is 1.71. The minimum Gasteiger partial charge on any atom is -0.476 e. The van der Waals surface area contributed by atoms with Crippen molar-refractivity contribution in [1.82, 2.24) is 9.88 Å². The predicted octanol–water partition coefficient (Wildman–Crippen LogP) is 2.29. The van der Waals surface area contributed by atoms with Gasteiger partial charge in [-0.15, -0.1) is 11.3 Å². The number of aryl methyl sites for hydroxylation is 1. The number of carboxylic acids is 1. The number of hydrogen-bond acceptors (Lipinski definition) is 5. The van der Waals surface area contributed by atoms with Gasteiger partial charge in [-0.1, -0.05) is 13.8 Å². The number of carbonyl (C=O) groups is 1. The summed E-state index contributed by atoms with van der Waals surface area (Å²) in [5.74, 6) is -0.958. The summed E-state index contributed by atoms with van der Waals surface area (Å²) in [4.78, 5) is 18.0. The smallest absolute Gasteiger partial charge is 0.355 e. The van der Waals surface area contributed by atoms with Crippen LogP contribution in [0.25, 0.3) is 0 Å². The highest BCUT2D eigenvalue weighted by Crippen LogP contribution is 2.21. The monoisotopic (exact) mass is 271 g/mol. The Balaban J connectivity index is 2.36. The van der Waals surface area contributed by atoms with Gasteiger partial charge in [-0.3, -0.25) is 0 Å². The molecular formula is C12H21N3O2S. The van der Waals surface area contributed by atoms with Gasteiger partial charge in [0, 0.05) is 11.4 Å². The molecule has 0 aliphatic rings. The van der Waals surface area contributed by atoms with Crippen LogP contribution in [0.2, 0.25) is 0 Å². The molecule has 0 aromatic carbocycles. The van der Waals surface area contributed by atoms with Crippen molar-refractivity contribution in [2.45, 2.75) is 27.2 Å². The van der Waals surface area contributed by atoms with E-state index in [0.29, 0.717) is 5.13 Å². The van der Waals surface area contributed by atoms with Crippen LogP contribution < -0.4 is 5.32 Å². The average Bonchev–Trinajstić information content (AvgIpc) is 2.71. The fourth-order valence-corrected chi connectivity index (χ4v) is 2.54. The van der Waals surface area contributed by atoms with Crippen molar-refractivity contribution < 1.29 is 9.90 Å². The van der Waals surface area contributed by atoms with E-state index in [1.807, 2.05) is 0 Å². The van der Waals surface area contributed by atoms with Gasteiger partial charge in [-0.25, -0.2) is 9.78 Å². The van der Waals surface area contributed by atoms with Gasteiger partial charge in [0.1, 0.15) is 0 Å². The molecule has 5 nitrogen and oxygen atoms in total. The van der Waals surface area contributed by atoms with Crippen LogP contribution in [0.4, 0.5) is 5.13 Å². The quantitative estimate of drug-likeness (QED) is 0.710. The van der Waals surface area contributed by atoms with E-state index in [4.69, 9.17) is 5.11 Å². The second-order valence-corrected chi connectivity index (χ2v) is 5.24. The van der Waals surface area contributed by atoms with E-state index < -0.39 is 5.97 Å². The molecule has 1 aromatic heterocycles. The van der Waals surface area contributed by atoms with Crippen molar-refractivity contribution in [3.63, 3.8) is 0 Å². The van der Waals surface area contributed by atoms with E-state index in [1.54, 1.807) is 6.92 Å². The molecule has 0 fully saturated rings. The van der Waals surface area contributed by atoms with Crippen molar-refractivity contribution in [1.29, 1.82) is 0 Å². The first kappa shape index (κ1) is 14.9. The summed E-state index contributed by atoms with van der Waals surface area (Å²) in [7, 11) is 0. The molecule has 0 saturated heterocycles. The van der Waals surface area contributed by atoms with Gasteiger partial charge in [-0.05, 0) is 33.0 Å². The number of thiazole rings is 1. The molecule has 0 unspecified atom stereocenters. The van der Waals surface area contributed by atoms with Crippen LogP contribution in [0.1, 0.15) is 35.6 Å². The van der Waals surface area contributed by atoms with Crippen LogP contribution in [-0.4, -0.2) is 47.1 Å². The van der Waals surface area contributed by atoms with Gasteiger partial charge in [-0.2, -0.15) is 0 Å². The summed E-state index contributed by atoms with van der Waals surface area (Å²) in [5, 5.41) is 12.8. The summed E-state index contributed by atoms with van der Waals surface area (Å²) in [6.45, 7) is 10.1. The molecule has 1 rings (SSSR count). The number of carboxylic acid groups (broad SMARTS) is 1. The van der Waals surface area contributed by atoms with E-state index in [2.05, 4.69) is 29.0 Å². The molecule has 0 aliphatic carbocycles. The third-order valence-corrected chi connectivity index (χ3v) is 3.75. The second kappa shape index (κ2) is 7.33. The molecule has 6 heteroatoms. The molecule has 0 radical (unpaired) electrons. The highest BCUT2D eigenvalue weighted by molar-refractivity contribution is 7.15. The van der Waals surface area contributed by atoms with Gasteiger partial charge >= 0.3 is 5.97 Å². The van der Waals surface area contributed by atoms with Crippen LogP contribution in [0.5, 0.6) is 0 Å². The Kier molecular flexibility index (Phi) is 6.07. The Morgan fingerprint density at radius 3 is 2.61 bits per heavy atom. The van der Waals surface area contributed by atoms with Gasteiger partial charge in [0.05, 0.1) is 0 Å². The lowest BCUT2D eigenvalue weighted by Crippen LogP contribution is -2.25. The van der Waals surface area contributed by atoms with E-state index in [1.165, 1.54) is 11.3 Å². The zero-order valence-corrected chi connectivity index (χ0v) is 12.0. The second-order valence-electron chi connectivity index (χ2n) is 4.04. The number of aromatic carboxylic acids is 1. The lowest BCUT2D eigenvalue weighted by molar-refractivity contribution is 0.0690. The van der Waals surface area contributed by atoms with Gasteiger partial charge in [0.2, 0.25) is 0 Å². The van der Waals surface area contributed by atoms with Crippen LogP contribution in [0, 0.1) is 6.92 Å². The van der Waals surface area contributed by atoms with Crippen LogP contribution >= 0.6 is 11.3 Å². The Hall–Kier alpha value is -1.14. The van der Waals surface area contributed by atoms with E-state index in [9.17, 15) is 4.79 Å². The summed E-state index contributed by atoms with van der Waals surface area (Å²) in [6.07, 6.45) is 1.03. The molecule has 0 bridgehead atoms. The minimum atomic E-state index is -0.958. The topological polar surface area (TPSA) is 65.5 Å². The Morgan fingerprint density at radius 2 is 2.11 bits per heavy atom. The maximum atomic E-state index is 10.8. The highest BCUT2D eigenvalue weighted by atomic mass is 32.1. The maximum Gasteiger partial charge on any atom is 0.355 e. The number of aromatic nitrogens is 1. The summed E-state index contributed by atoms with van der Waals surface area (Å²) in [5.41, 5.74) is 0.159. The molecule has 1 heterocycles. The van der Waals surface area contributed by atoms with Crippen molar-refractivity contribution in [2.75, 3.05) is 31.5 Å². The SMILES string of the molecule is CCN(CC)CCCNc1nc(C(=O)O)c(C)s1. The maximum absolute atomic E-state index is 10.8. The van der Waals surface area contributed by atoms with Gasteiger partial charge in [0.25, 0.3) is 0 Å². The molecule has 2 N–H and O–H groups in total. The lowest BCUT2D eigenvalue weighted by atomic mass is 10.3. The van der Waals surface area contributed by atoms with Crippen molar-refractivity contribution in [3.05, 3.63) is 10.6 Å². The number of anilines is 1. The average molecular weight is 271 g/mol. The number of hydrogen-bond donors (Lipinski definition) is 2. The molecule has 102 valence electrons. The number of rotatable bonds is 8. The van der Waals surface area contributed by atoms with Gasteiger partial charge in [0.15, 0.2) is 10.8 Å². The molecule has 0 atom stereocenters. The van der Waals surface area contributed by atoms with E-state index >= 15 is 0 Å². The van der Waals surface area contributed by atoms with Crippen molar-refractivity contribution in [2.24, 2.45) is 0 Å². The normalized spacial score (nSPS) is 10.9. The number of nitrogens with one attached hydrogen (secondary N) is 1. The summed E-state index contributed by atoms with van der Waals surface area (Å²) in [6, 6.07) is 0. The van der Waals surface area contributed by atoms with Crippen molar-refractivity contribution >= 4 is 22.4 Å². The first-order valence-corrected chi connectivity index (χ1v) is 7.07. The molecule has 1 aromatic rings. The first-order valence-electron chi connectivity index (χ1n) is 6.25. The first-order chi connectivity index (χ1) is 8.58. The zero-order valence-electron chi connectivity index (χ0n) is 11.2. The third kappa shape index (κ3) is 4.27. The molecule has 0 saturated carbocycles. The summed E-state index contributed by atoms with van der Waals surface area (Å²) >= 11 is 1.40. The van der Waals surface area contributed by atoms with Crippen LogP contribution in [-0.2, 0) is 0 Å². The Morgan fingerprint density at radius 1 is 1.44 bits per heavy atom. The third-order valence-electron chi connectivity index (χ3n) is 2.82. The molecule has 0 amide bonds. The molecular weight excluding hydrogens is 250 g/mol. The molecule has 0 spiro atoms. The summed E-state index contributed by atoms with van der Waals surface area (Å²) < 4.78 is 0. The highest BCUT2D eigenvalue weighted by Gasteiger charge is 2.13. The molecule has 18 heavy (non-hydrogen) atoms. The molecule has 0 aliphatic heterocycles. The Bertz CT molecular complexity index is 389. The van der Waals surface area contributed by atoms with Gasteiger partial charge < -0.3 is 15.3 Å². The Labute approximate surface area is 112 Å². The zero-order chi connectivity index (χ0) is 13.5. The minimum absolute atomic E-state index is 0.159. The largest absolute Gasteiger partial charge is 0.476 e. The predicted molar refractivity (Wildman–Crippen MR) is 74.7 cm³/mol.